The molecule has 2 aliphatic heterocycles. The highest BCUT2D eigenvalue weighted by Crippen LogP contribution is 2.33. The number of unbranched alkanes of at least 4 members (excludes halogenated alkanes) is 4. The van der Waals surface area contributed by atoms with E-state index in [0.29, 0.717) is 59.1 Å². The summed E-state index contributed by atoms with van der Waals surface area (Å²) in [6.07, 6.45) is 9.33. The number of H-pyrrole nitrogens is 2. The molecule has 10 N–H and O–H groups in total. The molecule has 0 bridgehead atoms. The first-order valence-corrected chi connectivity index (χ1v) is 22.6. The number of rotatable bonds is 16. The van der Waals surface area contributed by atoms with Crippen LogP contribution in [0.3, 0.4) is 0 Å². The van der Waals surface area contributed by atoms with Crippen LogP contribution in [0.5, 0.6) is 0 Å². The van der Waals surface area contributed by atoms with E-state index in [4.69, 9.17) is 20.9 Å². The summed E-state index contributed by atoms with van der Waals surface area (Å²) in [7, 11) is 0. The van der Waals surface area contributed by atoms with E-state index in [2.05, 4.69) is 88.5 Å². The van der Waals surface area contributed by atoms with E-state index < -0.39 is 48.0 Å². The highest BCUT2D eigenvalue weighted by atomic mass is 16.5. The Bertz CT molecular complexity index is 2940. The molecule has 6 atom stereocenters. The number of nitrogens with zero attached hydrogens (tertiary/aromatic N) is 10. The Morgan fingerprint density at radius 2 is 1.07 bits per heavy atom. The monoisotopic (exact) mass is 928 g/mol. The molecular weight excluding hydrogens is 877 g/mol. The number of aryl methyl sites for hydroxylation is 2. The molecule has 2 fully saturated rings. The Kier molecular flexibility index (Phi) is 13.8. The molecule has 0 aliphatic carbocycles. The first kappa shape index (κ1) is 46.0. The van der Waals surface area contributed by atoms with Crippen LogP contribution in [0.4, 0.5) is 11.9 Å². The van der Waals surface area contributed by atoms with Crippen molar-refractivity contribution in [1.29, 1.82) is 0 Å². The molecule has 2 aliphatic rings. The lowest BCUT2D eigenvalue weighted by molar-refractivity contribution is -0.0430. The number of nitrogen functional groups attached to an aromatic ring is 2. The van der Waals surface area contributed by atoms with Crippen molar-refractivity contribution in [3.8, 4) is 23.7 Å². The Hall–Kier alpha value is -7.18. The van der Waals surface area contributed by atoms with Gasteiger partial charge >= 0.3 is 0 Å². The number of aromatic nitrogens is 12. The first-order valence-electron chi connectivity index (χ1n) is 22.6. The predicted octanol–water partition coefficient (Wildman–Crippen LogP) is 1.02. The lowest BCUT2D eigenvalue weighted by Gasteiger charge is -2.14. The van der Waals surface area contributed by atoms with Crippen molar-refractivity contribution in [3.63, 3.8) is 0 Å². The highest BCUT2D eigenvalue weighted by molar-refractivity contribution is 5.84. The van der Waals surface area contributed by atoms with E-state index in [1.165, 1.54) is 0 Å². The molecule has 8 heterocycles. The number of anilines is 2. The van der Waals surface area contributed by atoms with E-state index >= 15 is 0 Å². The summed E-state index contributed by atoms with van der Waals surface area (Å²) in [5.41, 5.74) is 16.4. The van der Waals surface area contributed by atoms with E-state index in [0.717, 1.165) is 61.0 Å². The SMILES string of the molecule is Nc1nc2c(c(C#CCCCCc3cn(Cc4ccc(Cn5cc(CCCCC#Cc6cn([C@H]7C[C@H](O)[C@@H](CO)O7)c7nc(N)[nH]c(=O)c67)nn5)cc4)nn3)cn2[C@H]2C[C@H](O)[C@@H](CO)O2)c(=O)[nH]1. The van der Waals surface area contributed by atoms with Crippen molar-refractivity contribution < 1.29 is 29.9 Å². The normalized spacial score (nSPS) is 20.2. The van der Waals surface area contributed by atoms with Gasteiger partial charge in [-0.2, -0.15) is 9.97 Å². The summed E-state index contributed by atoms with van der Waals surface area (Å²) in [6, 6.07) is 8.28. The maximum absolute atomic E-state index is 12.8. The Morgan fingerprint density at radius 3 is 1.47 bits per heavy atom. The molecule has 0 unspecified atom stereocenters. The van der Waals surface area contributed by atoms with Gasteiger partial charge in [0.1, 0.15) is 24.7 Å². The molecule has 68 heavy (non-hydrogen) atoms. The summed E-state index contributed by atoms with van der Waals surface area (Å²) in [5, 5.41) is 57.5. The zero-order valence-corrected chi connectivity index (χ0v) is 37.0. The molecular formula is C46H52N14O8. The summed E-state index contributed by atoms with van der Waals surface area (Å²) >= 11 is 0. The van der Waals surface area contributed by atoms with Crippen LogP contribution in [0.25, 0.3) is 22.1 Å². The fraction of sp³-hybridized carbons (Fsp3) is 0.435. The van der Waals surface area contributed by atoms with Gasteiger partial charge in [-0.1, -0.05) is 58.4 Å². The standard InChI is InChI=1S/C46H52N14O8/c47-45-49-41-39(43(65)51-45)29(21-59(41)37-17-33(63)35(25-61)67-37)9-5-1-3-7-11-31-23-57(55-53-31)19-27-13-15-28(16-14-27)20-58-24-32(54-56-58)12-8-4-2-6-10-30-22-60(38-18-34(64)36(26-62)68-38)42-40(30)44(66)52-46(48)50-42/h13-16,21-24,33-38,61-64H,1-4,7-8,11-12,17-20,25-26H2,(H3,47,49,51,65)(H3,48,50,52,66)/t33-,34-,35+,36+,37+,38+/m0/s1. The first-order chi connectivity index (χ1) is 33.0. The minimum atomic E-state index is -0.852. The van der Waals surface area contributed by atoms with Crippen LogP contribution in [0.1, 0.15) is 97.5 Å². The van der Waals surface area contributed by atoms with Gasteiger partial charge in [0.25, 0.3) is 11.1 Å². The van der Waals surface area contributed by atoms with Crippen LogP contribution in [0.15, 0.2) is 58.6 Å². The molecule has 0 amide bonds. The number of hydrogen-bond acceptors (Lipinski definition) is 16. The minimum Gasteiger partial charge on any atom is -0.394 e. The third-order valence-electron chi connectivity index (χ3n) is 12.1. The maximum Gasteiger partial charge on any atom is 0.263 e. The topological polar surface area (TPSA) is 314 Å². The fourth-order valence-corrected chi connectivity index (χ4v) is 8.61. The van der Waals surface area contributed by atoms with Crippen molar-refractivity contribution >= 4 is 34.0 Å². The Morgan fingerprint density at radius 1 is 0.647 bits per heavy atom. The highest BCUT2D eigenvalue weighted by Gasteiger charge is 2.37. The number of hydrogen-bond donors (Lipinski definition) is 8. The maximum atomic E-state index is 12.8. The van der Waals surface area contributed by atoms with Gasteiger partial charge < -0.3 is 50.5 Å². The third-order valence-corrected chi connectivity index (χ3v) is 12.1. The number of aromatic amines is 2. The third kappa shape index (κ3) is 10.2. The van der Waals surface area contributed by atoms with Crippen LogP contribution in [-0.4, -0.2) is 117 Å². The van der Waals surface area contributed by atoms with Crippen molar-refractivity contribution in [2.24, 2.45) is 0 Å². The average molecular weight is 929 g/mol. The average Bonchev–Trinajstić information content (AvgIpc) is 4.19. The second kappa shape index (κ2) is 20.4. The quantitative estimate of drug-likeness (QED) is 0.0495. The molecule has 0 radical (unpaired) electrons. The molecule has 0 saturated carbocycles. The number of aliphatic hydroxyl groups is 4. The molecule has 9 rings (SSSR count). The largest absolute Gasteiger partial charge is 0.394 e. The van der Waals surface area contributed by atoms with E-state index in [1.807, 2.05) is 21.8 Å². The smallest absolute Gasteiger partial charge is 0.263 e. The molecule has 2 saturated heterocycles. The molecule has 22 heteroatoms. The second-order valence-corrected chi connectivity index (χ2v) is 17.1. The van der Waals surface area contributed by atoms with Gasteiger partial charge in [-0.05, 0) is 49.7 Å². The van der Waals surface area contributed by atoms with Gasteiger partial charge in [0, 0.05) is 50.5 Å². The van der Waals surface area contributed by atoms with Crippen molar-refractivity contribution in [2.75, 3.05) is 24.7 Å². The molecule has 7 aromatic rings. The van der Waals surface area contributed by atoms with Gasteiger partial charge in [0.15, 0.2) is 11.3 Å². The van der Waals surface area contributed by atoms with Crippen LogP contribution in [-0.2, 0) is 35.4 Å². The number of ether oxygens (including phenoxy) is 2. The van der Waals surface area contributed by atoms with Crippen molar-refractivity contribution in [1.82, 2.24) is 59.1 Å². The zero-order chi connectivity index (χ0) is 47.3. The summed E-state index contributed by atoms with van der Waals surface area (Å²) in [4.78, 5) is 39.3. The summed E-state index contributed by atoms with van der Waals surface area (Å²) in [6.45, 7) is 0.501. The van der Waals surface area contributed by atoms with Gasteiger partial charge in [-0.25, -0.2) is 9.36 Å². The Balaban J connectivity index is 0.706. The molecule has 6 aromatic heterocycles. The number of fused-ring (bicyclic) bond motifs is 2. The van der Waals surface area contributed by atoms with Gasteiger partial charge in [0.05, 0.1) is 71.8 Å². The fourth-order valence-electron chi connectivity index (χ4n) is 8.61. The molecule has 1 aromatic carbocycles. The summed E-state index contributed by atoms with van der Waals surface area (Å²) in [5.74, 6) is 12.5. The van der Waals surface area contributed by atoms with Crippen LogP contribution in [0, 0.1) is 23.7 Å². The lowest BCUT2D eigenvalue weighted by atomic mass is 10.1. The van der Waals surface area contributed by atoms with Gasteiger partial charge in [-0.3, -0.25) is 19.6 Å². The number of nitrogens with one attached hydrogen (secondary N) is 2. The second-order valence-electron chi connectivity index (χ2n) is 17.1. The number of aliphatic hydroxyl groups excluding tert-OH is 4. The van der Waals surface area contributed by atoms with E-state index in [-0.39, 0.29) is 38.0 Å². The van der Waals surface area contributed by atoms with E-state index in [1.54, 1.807) is 21.5 Å². The van der Waals surface area contributed by atoms with E-state index in [9.17, 15) is 30.0 Å². The van der Waals surface area contributed by atoms with Gasteiger partial charge in [0.2, 0.25) is 11.9 Å². The van der Waals surface area contributed by atoms with Crippen molar-refractivity contribution in [2.45, 2.75) is 114 Å². The number of nitrogens with two attached hydrogens (primary N) is 2. The Labute approximate surface area is 387 Å². The van der Waals surface area contributed by atoms with Crippen LogP contribution >= 0.6 is 0 Å². The molecule has 22 nitrogen and oxygen atoms in total. The van der Waals surface area contributed by atoms with Gasteiger partial charge in [-0.15, -0.1) is 10.2 Å². The van der Waals surface area contributed by atoms with Crippen LogP contribution in [0.2, 0.25) is 0 Å². The zero-order valence-electron chi connectivity index (χ0n) is 37.0. The molecule has 0 spiro atoms. The van der Waals surface area contributed by atoms with Crippen LogP contribution < -0.4 is 22.6 Å². The van der Waals surface area contributed by atoms with Crippen molar-refractivity contribution in [3.05, 3.63) is 103 Å². The lowest BCUT2D eigenvalue weighted by Crippen LogP contribution is -2.24. The number of benzene rings is 1. The summed E-state index contributed by atoms with van der Waals surface area (Å²) < 4.78 is 18.5. The predicted molar refractivity (Wildman–Crippen MR) is 246 cm³/mol. The molecule has 354 valence electrons. The minimum absolute atomic E-state index is 0.0420.